The predicted molar refractivity (Wildman–Crippen MR) is 67.7 cm³/mol. The standard InChI is InChI=1S/C12H25N3O2/c1-4-15(5-2)8-10(3)14-11(16)12(13)6-7-17-9-12/h10H,4-9,13H2,1-3H3,(H,14,16). The molecule has 0 aromatic rings. The molecule has 0 aromatic heterocycles. The zero-order valence-corrected chi connectivity index (χ0v) is 11.2. The quantitative estimate of drug-likeness (QED) is 0.686. The normalized spacial score (nSPS) is 26.2. The molecule has 0 aliphatic carbocycles. The first-order valence-electron chi connectivity index (χ1n) is 6.41. The molecule has 17 heavy (non-hydrogen) atoms. The summed E-state index contributed by atoms with van der Waals surface area (Å²) in [5.74, 6) is -0.0883. The fourth-order valence-electron chi connectivity index (χ4n) is 2.04. The molecular formula is C12H25N3O2. The highest BCUT2D eigenvalue weighted by Gasteiger charge is 2.38. The number of hydrogen-bond donors (Lipinski definition) is 2. The molecule has 5 nitrogen and oxygen atoms in total. The van der Waals surface area contributed by atoms with Crippen LogP contribution < -0.4 is 11.1 Å². The Bertz CT molecular complexity index is 248. The molecule has 1 fully saturated rings. The Hall–Kier alpha value is -0.650. The number of nitrogens with two attached hydrogens (primary N) is 1. The van der Waals surface area contributed by atoms with Crippen molar-refractivity contribution in [2.45, 2.75) is 38.8 Å². The minimum absolute atomic E-state index is 0.0883. The van der Waals surface area contributed by atoms with Crippen LogP contribution in [0, 0.1) is 0 Å². The number of carbonyl (C=O) groups is 1. The summed E-state index contributed by atoms with van der Waals surface area (Å²) >= 11 is 0. The lowest BCUT2D eigenvalue weighted by Gasteiger charge is -2.27. The third-order valence-electron chi connectivity index (χ3n) is 3.31. The fraction of sp³-hybridized carbons (Fsp3) is 0.917. The van der Waals surface area contributed by atoms with Crippen LogP contribution in [0.3, 0.4) is 0 Å². The summed E-state index contributed by atoms with van der Waals surface area (Å²) in [6.07, 6.45) is 0.608. The van der Waals surface area contributed by atoms with E-state index >= 15 is 0 Å². The maximum absolute atomic E-state index is 12.0. The van der Waals surface area contributed by atoms with E-state index in [-0.39, 0.29) is 11.9 Å². The van der Waals surface area contributed by atoms with Crippen molar-refractivity contribution in [3.8, 4) is 0 Å². The SMILES string of the molecule is CCN(CC)CC(C)NC(=O)C1(N)CCOC1. The van der Waals surface area contributed by atoms with Crippen molar-refractivity contribution in [1.82, 2.24) is 10.2 Å². The molecule has 1 aliphatic rings. The number of carbonyl (C=O) groups excluding carboxylic acids is 1. The molecule has 100 valence electrons. The van der Waals surface area contributed by atoms with E-state index in [1.54, 1.807) is 0 Å². The van der Waals surface area contributed by atoms with Crippen LogP contribution in [0.2, 0.25) is 0 Å². The average molecular weight is 243 g/mol. The smallest absolute Gasteiger partial charge is 0.242 e. The number of ether oxygens (including phenoxy) is 1. The van der Waals surface area contributed by atoms with Gasteiger partial charge >= 0.3 is 0 Å². The molecule has 1 saturated heterocycles. The molecule has 1 aliphatic heterocycles. The number of amides is 1. The summed E-state index contributed by atoms with van der Waals surface area (Å²) in [5.41, 5.74) is 5.17. The molecule has 1 rings (SSSR count). The van der Waals surface area contributed by atoms with Crippen molar-refractivity contribution in [2.75, 3.05) is 32.8 Å². The van der Waals surface area contributed by atoms with Gasteiger partial charge in [0.1, 0.15) is 5.54 Å². The molecule has 0 spiro atoms. The molecule has 1 heterocycles. The molecule has 5 heteroatoms. The summed E-state index contributed by atoms with van der Waals surface area (Å²) in [7, 11) is 0. The van der Waals surface area contributed by atoms with E-state index < -0.39 is 5.54 Å². The summed E-state index contributed by atoms with van der Waals surface area (Å²) in [6.45, 7) is 10.00. The van der Waals surface area contributed by atoms with Crippen LogP contribution in [0.25, 0.3) is 0 Å². The van der Waals surface area contributed by atoms with Gasteiger partial charge in [0.05, 0.1) is 6.61 Å². The van der Waals surface area contributed by atoms with E-state index in [2.05, 4.69) is 24.1 Å². The Labute approximate surface area is 104 Å². The summed E-state index contributed by atoms with van der Waals surface area (Å²) in [5, 5.41) is 2.98. The molecular weight excluding hydrogens is 218 g/mol. The van der Waals surface area contributed by atoms with Crippen molar-refractivity contribution in [1.29, 1.82) is 0 Å². The van der Waals surface area contributed by atoms with Crippen molar-refractivity contribution < 1.29 is 9.53 Å². The van der Waals surface area contributed by atoms with Crippen molar-refractivity contribution >= 4 is 5.91 Å². The highest BCUT2D eigenvalue weighted by atomic mass is 16.5. The number of nitrogens with one attached hydrogen (secondary N) is 1. The molecule has 0 saturated carbocycles. The van der Waals surface area contributed by atoms with Gasteiger partial charge < -0.3 is 20.7 Å². The summed E-state index contributed by atoms with van der Waals surface area (Å²) in [6, 6.07) is 0.114. The topological polar surface area (TPSA) is 67.6 Å². The first kappa shape index (κ1) is 14.4. The lowest BCUT2D eigenvalue weighted by molar-refractivity contribution is -0.127. The monoisotopic (exact) mass is 243 g/mol. The number of nitrogens with zero attached hydrogens (tertiary/aromatic N) is 1. The Morgan fingerprint density at radius 1 is 1.53 bits per heavy atom. The maximum Gasteiger partial charge on any atom is 0.242 e. The van der Waals surface area contributed by atoms with E-state index in [4.69, 9.17) is 10.5 Å². The molecule has 3 N–H and O–H groups in total. The van der Waals surface area contributed by atoms with Crippen molar-refractivity contribution in [3.63, 3.8) is 0 Å². The van der Waals surface area contributed by atoms with Crippen molar-refractivity contribution in [3.05, 3.63) is 0 Å². The highest BCUT2D eigenvalue weighted by molar-refractivity contribution is 5.86. The fourth-order valence-corrected chi connectivity index (χ4v) is 2.04. The van der Waals surface area contributed by atoms with Gasteiger partial charge in [-0.3, -0.25) is 4.79 Å². The summed E-state index contributed by atoms with van der Waals surface area (Å²) in [4.78, 5) is 14.3. The highest BCUT2D eigenvalue weighted by Crippen LogP contribution is 2.15. The molecule has 0 aromatic carbocycles. The number of rotatable bonds is 6. The van der Waals surface area contributed by atoms with Gasteiger partial charge in [0.2, 0.25) is 5.91 Å². The first-order chi connectivity index (χ1) is 8.01. The van der Waals surface area contributed by atoms with Gasteiger partial charge in [-0.25, -0.2) is 0 Å². The Morgan fingerprint density at radius 2 is 2.18 bits per heavy atom. The first-order valence-corrected chi connectivity index (χ1v) is 6.41. The minimum Gasteiger partial charge on any atom is -0.379 e. The van der Waals surface area contributed by atoms with Gasteiger partial charge in [0.15, 0.2) is 0 Å². The third-order valence-corrected chi connectivity index (χ3v) is 3.31. The van der Waals surface area contributed by atoms with Gasteiger partial charge in [0.25, 0.3) is 0 Å². The van der Waals surface area contributed by atoms with Gasteiger partial charge in [-0.15, -0.1) is 0 Å². The van der Waals surface area contributed by atoms with Gasteiger partial charge in [-0.1, -0.05) is 13.8 Å². The lowest BCUT2D eigenvalue weighted by Crippen LogP contribution is -2.57. The van der Waals surface area contributed by atoms with Crippen LogP contribution in [-0.2, 0) is 9.53 Å². The van der Waals surface area contributed by atoms with Gasteiger partial charge in [-0.2, -0.15) is 0 Å². The second-order valence-electron chi connectivity index (χ2n) is 4.82. The van der Waals surface area contributed by atoms with Crippen LogP contribution in [0.1, 0.15) is 27.2 Å². The second kappa shape index (κ2) is 6.33. The van der Waals surface area contributed by atoms with Crippen molar-refractivity contribution in [2.24, 2.45) is 5.73 Å². The lowest BCUT2D eigenvalue weighted by atomic mass is 9.99. The van der Waals surface area contributed by atoms with Crippen LogP contribution in [0.4, 0.5) is 0 Å². The zero-order chi connectivity index (χ0) is 12.9. The zero-order valence-electron chi connectivity index (χ0n) is 11.2. The van der Waals surface area contributed by atoms with Crippen LogP contribution in [0.15, 0.2) is 0 Å². The van der Waals surface area contributed by atoms with E-state index in [0.29, 0.717) is 19.6 Å². The van der Waals surface area contributed by atoms with Gasteiger partial charge in [0, 0.05) is 19.2 Å². The van der Waals surface area contributed by atoms with Crippen LogP contribution in [-0.4, -0.2) is 55.2 Å². The molecule has 0 radical (unpaired) electrons. The molecule has 0 bridgehead atoms. The van der Waals surface area contributed by atoms with E-state index in [0.717, 1.165) is 19.6 Å². The van der Waals surface area contributed by atoms with E-state index in [1.165, 1.54) is 0 Å². The van der Waals surface area contributed by atoms with Gasteiger partial charge in [-0.05, 0) is 26.4 Å². The number of likely N-dealkylation sites (N-methyl/N-ethyl adjacent to an activating group) is 1. The Kier molecular flexibility index (Phi) is 5.36. The maximum atomic E-state index is 12.0. The van der Waals surface area contributed by atoms with Crippen LogP contribution >= 0.6 is 0 Å². The Morgan fingerprint density at radius 3 is 2.65 bits per heavy atom. The molecule has 2 unspecified atom stereocenters. The largest absolute Gasteiger partial charge is 0.379 e. The van der Waals surface area contributed by atoms with E-state index in [9.17, 15) is 4.79 Å². The average Bonchev–Trinajstić information content (AvgIpc) is 2.74. The minimum atomic E-state index is -0.822. The molecule has 1 amide bonds. The second-order valence-corrected chi connectivity index (χ2v) is 4.82. The van der Waals surface area contributed by atoms with Crippen LogP contribution in [0.5, 0.6) is 0 Å². The third kappa shape index (κ3) is 3.94. The number of hydrogen-bond acceptors (Lipinski definition) is 4. The molecule has 2 atom stereocenters. The summed E-state index contributed by atoms with van der Waals surface area (Å²) < 4.78 is 5.19. The Balaban J connectivity index is 2.40. The predicted octanol–water partition coefficient (Wildman–Crippen LogP) is -0.0493. The van der Waals surface area contributed by atoms with E-state index in [1.807, 2.05) is 6.92 Å².